The fraction of sp³-hybridized carbons (Fsp3) is 0.136. The summed E-state index contributed by atoms with van der Waals surface area (Å²) in [5.41, 5.74) is 3.39. The first-order chi connectivity index (χ1) is 13.2. The van der Waals surface area contributed by atoms with Crippen molar-refractivity contribution in [2.45, 2.75) is 6.61 Å². The Hall–Kier alpha value is -2.98. The lowest BCUT2D eigenvalue weighted by atomic mass is 10.0. The van der Waals surface area contributed by atoms with E-state index in [1.54, 1.807) is 24.3 Å². The Morgan fingerprint density at radius 1 is 0.926 bits per heavy atom. The topological polar surface area (TPSA) is 44.8 Å². The smallest absolute Gasteiger partial charge is 0.338 e. The van der Waals surface area contributed by atoms with Gasteiger partial charge in [0.15, 0.2) is 11.5 Å². The number of carbonyl (C=O) groups excluding carboxylic acids is 1. The molecule has 3 aromatic carbocycles. The molecule has 0 aromatic heterocycles. The number of fused-ring (bicyclic) bond motifs is 1. The van der Waals surface area contributed by atoms with Gasteiger partial charge in [-0.25, -0.2) is 4.79 Å². The molecule has 0 bridgehead atoms. The van der Waals surface area contributed by atoms with Gasteiger partial charge in [-0.1, -0.05) is 54.1 Å². The van der Waals surface area contributed by atoms with Crippen LogP contribution in [0, 0.1) is 0 Å². The number of hydrogen-bond donors (Lipinski definition) is 0. The molecule has 4 nitrogen and oxygen atoms in total. The lowest BCUT2D eigenvalue weighted by Crippen LogP contribution is -2.16. The summed E-state index contributed by atoms with van der Waals surface area (Å²) in [6.45, 7) is 1.05. The van der Waals surface area contributed by atoms with Crippen LogP contribution in [0.5, 0.6) is 11.5 Å². The predicted octanol–water partition coefficient (Wildman–Crippen LogP) is 5.14. The first kappa shape index (κ1) is 17.4. The fourth-order valence-corrected chi connectivity index (χ4v) is 3.20. The largest absolute Gasteiger partial charge is 0.486 e. The summed E-state index contributed by atoms with van der Waals surface area (Å²) in [6, 6.07) is 20.8. The van der Waals surface area contributed by atoms with Crippen LogP contribution < -0.4 is 9.47 Å². The molecule has 0 atom stereocenters. The monoisotopic (exact) mass is 380 g/mol. The first-order valence-electron chi connectivity index (χ1n) is 8.61. The SMILES string of the molecule is O=C(OCc1cc(Cl)c2c(c1)OCCO2)c1ccc(-c2ccccc2)cc1. The van der Waals surface area contributed by atoms with Crippen LogP contribution in [0.1, 0.15) is 15.9 Å². The van der Waals surface area contributed by atoms with Crippen molar-refractivity contribution in [3.8, 4) is 22.6 Å². The van der Waals surface area contributed by atoms with E-state index < -0.39 is 0 Å². The van der Waals surface area contributed by atoms with Gasteiger partial charge in [0.25, 0.3) is 0 Å². The van der Waals surface area contributed by atoms with Crippen molar-refractivity contribution in [1.29, 1.82) is 0 Å². The highest BCUT2D eigenvalue weighted by Gasteiger charge is 2.17. The van der Waals surface area contributed by atoms with Crippen LogP contribution in [0.3, 0.4) is 0 Å². The summed E-state index contributed by atoms with van der Waals surface area (Å²) in [5, 5.41) is 0.450. The van der Waals surface area contributed by atoms with Crippen LogP contribution in [0.4, 0.5) is 0 Å². The minimum absolute atomic E-state index is 0.107. The molecule has 5 heteroatoms. The third-order valence-corrected chi connectivity index (χ3v) is 4.54. The van der Waals surface area contributed by atoms with Crippen molar-refractivity contribution in [3.05, 3.63) is 82.9 Å². The number of rotatable bonds is 4. The van der Waals surface area contributed by atoms with E-state index in [-0.39, 0.29) is 12.6 Å². The van der Waals surface area contributed by atoms with Gasteiger partial charge in [0.1, 0.15) is 19.8 Å². The summed E-state index contributed by atoms with van der Waals surface area (Å²) < 4.78 is 16.4. The summed E-state index contributed by atoms with van der Waals surface area (Å²) in [7, 11) is 0. The maximum Gasteiger partial charge on any atom is 0.338 e. The second-order valence-corrected chi connectivity index (χ2v) is 6.53. The van der Waals surface area contributed by atoms with Crippen LogP contribution in [0.15, 0.2) is 66.7 Å². The maximum absolute atomic E-state index is 12.3. The van der Waals surface area contributed by atoms with E-state index >= 15 is 0 Å². The van der Waals surface area contributed by atoms with E-state index in [2.05, 4.69) is 0 Å². The van der Waals surface area contributed by atoms with E-state index in [4.69, 9.17) is 25.8 Å². The minimum atomic E-state index is -0.388. The van der Waals surface area contributed by atoms with Gasteiger partial charge in [0.05, 0.1) is 10.6 Å². The van der Waals surface area contributed by atoms with E-state index in [9.17, 15) is 4.79 Å². The van der Waals surface area contributed by atoms with Crippen molar-refractivity contribution in [2.75, 3.05) is 13.2 Å². The normalized spacial score (nSPS) is 12.5. The molecule has 0 fully saturated rings. The zero-order valence-electron chi connectivity index (χ0n) is 14.5. The maximum atomic E-state index is 12.3. The van der Waals surface area contributed by atoms with Crippen LogP contribution in [-0.4, -0.2) is 19.2 Å². The van der Waals surface area contributed by atoms with E-state index in [0.29, 0.717) is 35.3 Å². The van der Waals surface area contributed by atoms with Crippen molar-refractivity contribution in [3.63, 3.8) is 0 Å². The number of benzene rings is 3. The molecule has 27 heavy (non-hydrogen) atoms. The predicted molar refractivity (Wildman–Crippen MR) is 103 cm³/mol. The van der Waals surface area contributed by atoms with E-state index in [0.717, 1.165) is 16.7 Å². The molecule has 1 aliphatic rings. The number of halogens is 1. The number of ether oxygens (including phenoxy) is 3. The highest BCUT2D eigenvalue weighted by molar-refractivity contribution is 6.32. The number of carbonyl (C=O) groups is 1. The quantitative estimate of drug-likeness (QED) is 0.588. The minimum Gasteiger partial charge on any atom is -0.486 e. The molecule has 1 aliphatic heterocycles. The Kier molecular flexibility index (Phi) is 4.99. The molecule has 136 valence electrons. The molecule has 0 saturated heterocycles. The Morgan fingerprint density at radius 3 is 2.41 bits per heavy atom. The molecule has 1 heterocycles. The Morgan fingerprint density at radius 2 is 1.63 bits per heavy atom. The van der Waals surface area contributed by atoms with Gasteiger partial charge >= 0.3 is 5.97 Å². The van der Waals surface area contributed by atoms with Gasteiger partial charge in [0.2, 0.25) is 0 Å². The third kappa shape index (κ3) is 3.91. The zero-order chi connectivity index (χ0) is 18.6. The van der Waals surface area contributed by atoms with Gasteiger partial charge in [-0.2, -0.15) is 0 Å². The van der Waals surface area contributed by atoms with Crippen LogP contribution >= 0.6 is 11.6 Å². The average Bonchev–Trinajstić information content (AvgIpc) is 2.73. The molecule has 0 spiro atoms. The van der Waals surface area contributed by atoms with Crippen molar-refractivity contribution in [1.82, 2.24) is 0 Å². The molecule has 0 aliphatic carbocycles. The van der Waals surface area contributed by atoms with Crippen LogP contribution in [0.25, 0.3) is 11.1 Å². The highest BCUT2D eigenvalue weighted by atomic mass is 35.5. The molecule has 3 aromatic rings. The highest BCUT2D eigenvalue weighted by Crippen LogP contribution is 2.38. The summed E-state index contributed by atoms with van der Waals surface area (Å²) in [6.07, 6.45) is 0. The average molecular weight is 381 g/mol. The molecule has 0 amide bonds. The van der Waals surface area contributed by atoms with Crippen LogP contribution in [0.2, 0.25) is 5.02 Å². The molecule has 4 rings (SSSR count). The Labute approximate surface area is 162 Å². The molecular weight excluding hydrogens is 364 g/mol. The van der Waals surface area contributed by atoms with Gasteiger partial charge in [-0.15, -0.1) is 0 Å². The second kappa shape index (κ2) is 7.72. The van der Waals surface area contributed by atoms with Crippen molar-refractivity contribution >= 4 is 17.6 Å². The van der Waals surface area contributed by atoms with Gasteiger partial charge in [-0.05, 0) is 41.0 Å². The van der Waals surface area contributed by atoms with Crippen molar-refractivity contribution in [2.24, 2.45) is 0 Å². The molecule has 0 N–H and O–H groups in total. The lowest BCUT2D eigenvalue weighted by molar-refractivity contribution is 0.0472. The zero-order valence-corrected chi connectivity index (χ0v) is 15.2. The number of esters is 1. The van der Waals surface area contributed by atoms with Crippen molar-refractivity contribution < 1.29 is 19.0 Å². The van der Waals surface area contributed by atoms with E-state index in [1.807, 2.05) is 42.5 Å². The van der Waals surface area contributed by atoms with Gasteiger partial charge in [0, 0.05) is 0 Å². The lowest BCUT2D eigenvalue weighted by Gasteiger charge is -2.20. The van der Waals surface area contributed by atoms with Gasteiger partial charge < -0.3 is 14.2 Å². The Balaban J connectivity index is 1.43. The molecular formula is C22H17ClO4. The Bertz CT molecular complexity index is 952. The molecule has 0 radical (unpaired) electrons. The van der Waals surface area contributed by atoms with Crippen LogP contribution in [-0.2, 0) is 11.3 Å². The molecule has 0 unspecified atom stereocenters. The van der Waals surface area contributed by atoms with E-state index in [1.165, 1.54) is 0 Å². The van der Waals surface area contributed by atoms with Gasteiger partial charge in [-0.3, -0.25) is 0 Å². The summed E-state index contributed by atoms with van der Waals surface area (Å²) in [4.78, 5) is 12.3. The second-order valence-electron chi connectivity index (χ2n) is 6.12. The summed E-state index contributed by atoms with van der Waals surface area (Å²) >= 11 is 6.21. The standard InChI is InChI=1S/C22H17ClO4/c23-19-12-15(13-20-21(19)26-11-10-25-20)14-27-22(24)18-8-6-17(7-9-18)16-4-2-1-3-5-16/h1-9,12-13H,10-11,14H2. The third-order valence-electron chi connectivity index (χ3n) is 4.25. The molecule has 0 saturated carbocycles. The first-order valence-corrected chi connectivity index (χ1v) is 8.99. The fourth-order valence-electron chi connectivity index (χ4n) is 2.91. The number of hydrogen-bond acceptors (Lipinski definition) is 4. The summed E-state index contributed by atoms with van der Waals surface area (Å²) in [5.74, 6) is 0.724.